The number of rotatable bonds is 3. The first-order chi connectivity index (χ1) is 9.47. The molecule has 4 N–H and O–H groups in total. The molecule has 0 atom stereocenters. The number of halogens is 2. The Balaban J connectivity index is 2.06. The fourth-order valence-electron chi connectivity index (χ4n) is 1.63. The Hall–Kier alpha value is -2.63. The minimum Gasteiger partial charge on any atom is -0.506 e. The third kappa shape index (κ3) is 3.03. The molecule has 0 spiro atoms. The van der Waals surface area contributed by atoms with Crippen molar-refractivity contribution in [3.63, 3.8) is 0 Å². The van der Waals surface area contributed by atoms with Gasteiger partial charge in [-0.05, 0) is 24.3 Å². The summed E-state index contributed by atoms with van der Waals surface area (Å²) in [7, 11) is 0. The third-order valence-corrected chi connectivity index (χ3v) is 2.75. The molecule has 2 aromatic carbocycles. The van der Waals surface area contributed by atoms with Crippen LogP contribution in [0.5, 0.6) is 5.75 Å². The van der Waals surface area contributed by atoms with E-state index in [0.29, 0.717) is 0 Å². The van der Waals surface area contributed by atoms with Crippen LogP contribution >= 0.6 is 0 Å². The molecule has 0 saturated carbocycles. The second-order valence-electron chi connectivity index (χ2n) is 4.19. The van der Waals surface area contributed by atoms with Crippen molar-refractivity contribution < 1.29 is 18.7 Å². The van der Waals surface area contributed by atoms with Crippen LogP contribution in [-0.2, 0) is 6.54 Å². The summed E-state index contributed by atoms with van der Waals surface area (Å²) >= 11 is 0. The molecule has 0 aliphatic carbocycles. The van der Waals surface area contributed by atoms with Crippen molar-refractivity contribution in [3.05, 3.63) is 59.2 Å². The van der Waals surface area contributed by atoms with Crippen LogP contribution in [0.4, 0.5) is 14.5 Å². The molecule has 0 heterocycles. The van der Waals surface area contributed by atoms with E-state index in [1.54, 1.807) is 0 Å². The topological polar surface area (TPSA) is 75.4 Å². The molecule has 2 rings (SSSR count). The van der Waals surface area contributed by atoms with Gasteiger partial charge in [0.25, 0.3) is 5.91 Å². The van der Waals surface area contributed by atoms with Crippen LogP contribution in [-0.4, -0.2) is 11.0 Å². The van der Waals surface area contributed by atoms with Crippen molar-refractivity contribution >= 4 is 11.6 Å². The van der Waals surface area contributed by atoms with Crippen LogP contribution in [0.1, 0.15) is 15.9 Å². The normalized spacial score (nSPS) is 10.3. The van der Waals surface area contributed by atoms with Crippen LogP contribution in [0.25, 0.3) is 0 Å². The van der Waals surface area contributed by atoms with E-state index in [1.807, 2.05) is 0 Å². The molecule has 0 aliphatic rings. The van der Waals surface area contributed by atoms with Crippen molar-refractivity contribution in [1.82, 2.24) is 5.32 Å². The summed E-state index contributed by atoms with van der Waals surface area (Å²) in [5.74, 6) is -2.11. The van der Waals surface area contributed by atoms with E-state index in [-0.39, 0.29) is 29.1 Å². The van der Waals surface area contributed by atoms with Crippen molar-refractivity contribution in [3.8, 4) is 5.75 Å². The minimum absolute atomic E-state index is 0.0872. The number of aromatic hydroxyl groups is 1. The van der Waals surface area contributed by atoms with Gasteiger partial charge in [-0.25, -0.2) is 8.78 Å². The van der Waals surface area contributed by atoms with E-state index < -0.39 is 17.5 Å². The first-order valence-corrected chi connectivity index (χ1v) is 5.78. The summed E-state index contributed by atoms with van der Waals surface area (Å²) in [5, 5.41) is 11.9. The Kier molecular flexibility index (Phi) is 3.84. The third-order valence-electron chi connectivity index (χ3n) is 2.75. The molecule has 0 fully saturated rings. The number of anilines is 1. The standard InChI is InChI=1S/C14H12F2N2O2/c15-10-3-1-9(11(16)6-10)7-18-14(20)8-2-4-12(17)13(19)5-8/h1-6,19H,7,17H2,(H,18,20). The van der Waals surface area contributed by atoms with E-state index in [2.05, 4.69) is 5.32 Å². The van der Waals surface area contributed by atoms with Crippen LogP contribution < -0.4 is 11.1 Å². The average molecular weight is 278 g/mol. The van der Waals surface area contributed by atoms with Crippen molar-refractivity contribution in [2.45, 2.75) is 6.54 Å². The number of hydrogen-bond donors (Lipinski definition) is 3. The van der Waals surface area contributed by atoms with E-state index in [4.69, 9.17) is 5.73 Å². The Bertz CT molecular complexity index is 660. The quantitative estimate of drug-likeness (QED) is 0.595. The van der Waals surface area contributed by atoms with Crippen molar-refractivity contribution in [2.75, 3.05) is 5.73 Å². The highest BCUT2D eigenvalue weighted by Gasteiger charge is 2.09. The minimum atomic E-state index is -0.731. The zero-order valence-electron chi connectivity index (χ0n) is 10.4. The Labute approximate surface area is 113 Å². The smallest absolute Gasteiger partial charge is 0.251 e. The van der Waals surface area contributed by atoms with Gasteiger partial charge in [0, 0.05) is 23.7 Å². The SMILES string of the molecule is Nc1ccc(C(=O)NCc2ccc(F)cc2F)cc1O. The molecule has 6 heteroatoms. The molecule has 2 aromatic rings. The van der Waals surface area contributed by atoms with Crippen molar-refractivity contribution in [1.29, 1.82) is 0 Å². The van der Waals surface area contributed by atoms with Gasteiger partial charge in [-0.15, -0.1) is 0 Å². The van der Waals surface area contributed by atoms with Gasteiger partial charge < -0.3 is 16.2 Å². The first-order valence-electron chi connectivity index (χ1n) is 5.78. The van der Waals surface area contributed by atoms with E-state index >= 15 is 0 Å². The van der Waals surface area contributed by atoms with E-state index in [1.165, 1.54) is 24.3 Å². The van der Waals surface area contributed by atoms with Gasteiger partial charge in [0.05, 0.1) is 5.69 Å². The molecule has 0 radical (unpaired) electrons. The molecule has 0 aliphatic heterocycles. The summed E-state index contributed by atoms with van der Waals surface area (Å²) in [6.07, 6.45) is 0. The first kappa shape index (κ1) is 13.8. The van der Waals surface area contributed by atoms with Gasteiger partial charge in [0.2, 0.25) is 0 Å². The number of phenolic OH excluding ortho intramolecular Hbond substituents is 1. The Morgan fingerprint density at radius 3 is 2.60 bits per heavy atom. The highest BCUT2D eigenvalue weighted by Crippen LogP contribution is 2.20. The lowest BCUT2D eigenvalue weighted by Gasteiger charge is -2.07. The van der Waals surface area contributed by atoms with E-state index in [9.17, 15) is 18.7 Å². The number of nitrogens with one attached hydrogen (secondary N) is 1. The number of carbonyl (C=O) groups is 1. The lowest BCUT2D eigenvalue weighted by Crippen LogP contribution is -2.23. The number of amides is 1. The Morgan fingerprint density at radius 1 is 1.20 bits per heavy atom. The summed E-state index contributed by atoms with van der Waals surface area (Å²) < 4.78 is 26.1. The Morgan fingerprint density at radius 2 is 1.95 bits per heavy atom. The maximum atomic E-state index is 13.4. The molecular formula is C14H12F2N2O2. The molecule has 4 nitrogen and oxygen atoms in total. The lowest BCUT2D eigenvalue weighted by molar-refractivity contribution is 0.0950. The monoisotopic (exact) mass is 278 g/mol. The van der Waals surface area contributed by atoms with Crippen molar-refractivity contribution in [2.24, 2.45) is 0 Å². The van der Waals surface area contributed by atoms with E-state index in [0.717, 1.165) is 12.1 Å². The molecule has 104 valence electrons. The average Bonchev–Trinajstić information content (AvgIpc) is 2.40. The van der Waals surface area contributed by atoms with Gasteiger partial charge in [0.1, 0.15) is 17.4 Å². The fourth-order valence-corrected chi connectivity index (χ4v) is 1.63. The summed E-state index contributed by atoms with van der Waals surface area (Å²) in [6, 6.07) is 7.15. The zero-order chi connectivity index (χ0) is 14.7. The highest BCUT2D eigenvalue weighted by molar-refractivity contribution is 5.95. The molecule has 0 saturated heterocycles. The summed E-state index contributed by atoms with van der Waals surface area (Å²) in [6.45, 7) is -0.0872. The number of phenols is 1. The second-order valence-corrected chi connectivity index (χ2v) is 4.19. The maximum Gasteiger partial charge on any atom is 0.251 e. The molecular weight excluding hydrogens is 266 g/mol. The predicted octanol–water partition coefficient (Wildman–Crippen LogP) is 2.18. The van der Waals surface area contributed by atoms with Gasteiger partial charge in [-0.3, -0.25) is 4.79 Å². The molecule has 0 unspecified atom stereocenters. The fraction of sp³-hybridized carbons (Fsp3) is 0.0714. The maximum absolute atomic E-state index is 13.4. The van der Waals surface area contributed by atoms with Crippen LogP contribution in [0, 0.1) is 11.6 Å². The summed E-state index contributed by atoms with van der Waals surface area (Å²) in [5.41, 5.74) is 5.94. The highest BCUT2D eigenvalue weighted by atomic mass is 19.1. The summed E-state index contributed by atoms with van der Waals surface area (Å²) in [4.78, 5) is 11.8. The van der Waals surface area contributed by atoms with Crippen LogP contribution in [0.2, 0.25) is 0 Å². The number of nitrogen functional groups attached to an aromatic ring is 1. The zero-order valence-corrected chi connectivity index (χ0v) is 10.4. The largest absolute Gasteiger partial charge is 0.506 e. The van der Waals surface area contributed by atoms with Gasteiger partial charge in [0.15, 0.2) is 0 Å². The number of nitrogens with two attached hydrogens (primary N) is 1. The number of hydrogen-bond acceptors (Lipinski definition) is 3. The van der Waals surface area contributed by atoms with Gasteiger partial charge in [-0.1, -0.05) is 6.07 Å². The number of carbonyl (C=O) groups excluding carboxylic acids is 1. The van der Waals surface area contributed by atoms with Gasteiger partial charge >= 0.3 is 0 Å². The molecule has 20 heavy (non-hydrogen) atoms. The molecule has 0 bridgehead atoms. The van der Waals surface area contributed by atoms with Crippen LogP contribution in [0.15, 0.2) is 36.4 Å². The van der Waals surface area contributed by atoms with Gasteiger partial charge in [-0.2, -0.15) is 0 Å². The molecule has 1 amide bonds. The second kappa shape index (κ2) is 5.56. The lowest BCUT2D eigenvalue weighted by atomic mass is 10.1. The van der Waals surface area contributed by atoms with Crippen LogP contribution in [0.3, 0.4) is 0 Å². The number of benzene rings is 2. The molecule has 0 aromatic heterocycles. The predicted molar refractivity (Wildman–Crippen MR) is 70.0 cm³/mol.